The zero-order valence-corrected chi connectivity index (χ0v) is 10.8. The number of nitrogens with zero attached hydrogens (tertiary/aromatic N) is 2. The number of aromatic nitrogens is 2. The first kappa shape index (κ1) is 14.7. The first-order valence-corrected chi connectivity index (χ1v) is 5.43. The molecule has 2 N–H and O–H groups in total. The summed E-state index contributed by atoms with van der Waals surface area (Å²) in [7, 11) is 0. The Kier molecular flexibility index (Phi) is 4.30. The molecule has 1 aromatic rings. The molecule has 0 saturated carbocycles. The number of aliphatic carboxylic acids is 1. The van der Waals surface area contributed by atoms with Crippen molar-refractivity contribution < 1.29 is 23.8 Å². The van der Waals surface area contributed by atoms with Crippen molar-refractivity contribution >= 4 is 12.1 Å². The largest absolute Gasteiger partial charge is 0.480 e. The molecule has 0 bridgehead atoms. The van der Waals surface area contributed by atoms with Gasteiger partial charge in [0, 0.05) is 0 Å². The number of amides is 1. The predicted octanol–water partition coefficient (Wildman–Crippen LogP) is -0.0544. The van der Waals surface area contributed by atoms with Crippen molar-refractivity contribution in [2.45, 2.75) is 39.5 Å². The van der Waals surface area contributed by atoms with Crippen molar-refractivity contribution in [3.63, 3.8) is 0 Å². The van der Waals surface area contributed by atoms with Crippen LogP contribution in [-0.4, -0.2) is 32.6 Å². The van der Waals surface area contributed by atoms with Gasteiger partial charge in [0.05, 0.1) is 6.54 Å². The molecule has 1 rings (SSSR count). The average Bonchev–Trinajstić information content (AvgIpc) is 2.53. The number of nitrogens with one attached hydrogen (secondary N) is 1. The maximum absolute atomic E-state index is 11.3. The Hall–Kier alpha value is -2.32. The fourth-order valence-corrected chi connectivity index (χ4v) is 1.11. The van der Waals surface area contributed by atoms with Crippen molar-refractivity contribution in [1.29, 1.82) is 0 Å². The lowest BCUT2D eigenvalue weighted by atomic mass is 10.2. The van der Waals surface area contributed by atoms with E-state index in [0.717, 1.165) is 0 Å². The molecule has 0 unspecified atom stereocenters. The van der Waals surface area contributed by atoms with Gasteiger partial charge in [0.1, 0.15) is 12.1 Å². The number of carboxylic acid groups (broad SMARTS) is 1. The smallest absolute Gasteiger partial charge is 0.437 e. The summed E-state index contributed by atoms with van der Waals surface area (Å²) in [6, 6.07) is 0. The second-order valence-electron chi connectivity index (χ2n) is 4.67. The molecule has 1 aromatic heterocycles. The summed E-state index contributed by atoms with van der Waals surface area (Å²) in [4.78, 5) is 32.9. The van der Waals surface area contributed by atoms with Gasteiger partial charge in [-0.2, -0.15) is 4.68 Å². The van der Waals surface area contributed by atoms with Crippen LogP contribution >= 0.6 is 0 Å². The first-order chi connectivity index (χ1) is 8.67. The molecule has 0 fully saturated rings. The number of carboxylic acids is 1. The van der Waals surface area contributed by atoms with E-state index >= 15 is 0 Å². The number of hydrogen-bond acceptors (Lipinski definition) is 6. The van der Waals surface area contributed by atoms with Gasteiger partial charge in [0.15, 0.2) is 0 Å². The van der Waals surface area contributed by atoms with Crippen LogP contribution in [0, 0.1) is 0 Å². The lowest BCUT2D eigenvalue weighted by Crippen LogP contribution is -2.32. The highest BCUT2D eigenvalue weighted by molar-refractivity contribution is 5.67. The second kappa shape index (κ2) is 5.55. The summed E-state index contributed by atoms with van der Waals surface area (Å²) in [5, 5.41) is 14.5. The Morgan fingerprint density at radius 1 is 1.47 bits per heavy atom. The third-order valence-electron chi connectivity index (χ3n) is 1.72. The summed E-state index contributed by atoms with van der Waals surface area (Å²) in [5.74, 6) is -2.22. The molecular formula is C10H15N3O6. The van der Waals surface area contributed by atoms with Crippen molar-refractivity contribution in [2.75, 3.05) is 0 Å². The first-order valence-electron chi connectivity index (χ1n) is 5.43. The van der Waals surface area contributed by atoms with Crippen LogP contribution in [0.4, 0.5) is 4.79 Å². The summed E-state index contributed by atoms with van der Waals surface area (Å²) in [6.45, 7) is 4.34. The number of hydrogen-bond donors (Lipinski definition) is 2. The molecule has 0 atom stereocenters. The summed E-state index contributed by atoms with van der Waals surface area (Å²) in [6.07, 6.45) is -0.692. The molecule has 0 radical (unpaired) electrons. The lowest BCUT2D eigenvalue weighted by molar-refractivity contribution is -0.138. The Morgan fingerprint density at radius 3 is 2.63 bits per heavy atom. The third-order valence-corrected chi connectivity index (χ3v) is 1.72. The SMILES string of the molecule is CC(C)(C)OC(=O)NCc1nn(CC(=O)O)c(=O)o1. The van der Waals surface area contributed by atoms with Gasteiger partial charge in [-0.05, 0) is 20.8 Å². The van der Waals surface area contributed by atoms with Crippen molar-refractivity contribution in [1.82, 2.24) is 15.1 Å². The van der Waals surface area contributed by atoms with E-state index in [4.69, 9.17) is 9.84 Å². The molecule has 0 aromatic carbocycles. The Balaban J connectivity index is 2.57. The number of alkyl carbamates (subject to hydrolysis) is 1. The van der Waals surface area contributed by atoms with Crippen molar-refractivity contribution in [3.8, 4) is 0 Å². The van der Waals surface area contributed by atoms with E-state index in [1.165, 1.54) is 0 Å². The van der Waals surface area contributed by atoms with Gasteiger partial charge >= 0.3 is 17.8 Å². The van der Waals surface area contributed by atoms with Crippen LogP contribution in [0.3, 0.4) is 0 Å². The number of rotatable bonds is 4. The van der Waals surface area contributed by atoms with Gasteiger partial charge in [0.25, 0.3) is 0 Å². The van der Waals surface area contributed by atoms with Crippen LogP contribution < -0.4 is 11.1 Å². The van der Waals surface area contributed by atoms with Gasteiger partial charge < -0.3 is 19.6 Å². The number of carbonyl (C=O) groups excluding carboxylic acids is 1. The fourth-order valence-electron chi connectivity index (χ4n) is 1.11. The standard InChI is InChI=1S/C10H15N3O6/c1-10(2,3)19-8(16)11-4-6-12-13(5-7(14)15)9(17)18-6/h4-5H2,1-3H3,(H,11,16)(H,14,15). The van der Waals surface area contributed by atoms with Crippen LogP contribution in [0.15, 0.2) is 9.21 Å². The predicted molar refractivity (Wildman–Crippen MR) is 61.5 cm³/mol. The van der Waals surface area contributed by atoms with Gasteiger partial charge in [0.2, 0.25) is 5.89 Å². The van der Waals surface area contributed by atoms with Gasteiger partial charge in [-0.3, -0.25) is 4.79 Å². The topological polar surface area (TPSA) is 124 Å². The average molecular weight is 273 g/mol. The van der Waals surface area contributed by atoms with Crippen molar-refractivity contribution in [3.05, 3.63) is 16.4 Å². The molecule has 0 saturated heterocycles. The van der Waals surface area contributed by atoms with Crippen LogP contribution in [0.2, 0.25) is 0 Å². The summed E-state index contributed by atoms with van der Waals surface area (Å²) < 4.78 is 10.3. The van der Waals surface area contributed by atoms with Gasteiger partial charge in [-0.25, -0.2) is 9.59 Å². The van der Waals surface area contributed by atoms with Crippen LogP contribution in [0.5, 0.6) is 0 Å². The molecule has 0 aliphatic heterocycles. The zero-order chi connectivity index (χ0) is 14.6. The second-order valence-corrected chi connectivity index (χ2v) is 4.67. The van der Waals surface area contributed by atoms with E-state index < -0.39 is 30.0 Å². The maximum atomic E-state index is 11.3. The van der Waals surface area contributed by atoms with E-state index in [1.54, 1.807) is 20.8 Å². The highest BCUT2D eigenvalue weighted by atomic mass is 16.6. The molecule has 0 spiro atoms. The maximum Gasteiger partial charge on any atom is 0.437 e. The van der Waals surface area contributed by atoms with Crippen LogP contribution in [0.25, 0.3) is 0 Å². The Labute approximate surface area is 108 Å². The van der Waals surface area contributed by atoms with E-state index in [-0.39, 0.29) is 12.4 Å². The summed E-state index contributed by atoms with van der Waals surface area (Å²) >= 11 is 0. The molecule has 1 heterocycles. The van der Waals surface area contributed by atoms with E-state index in [0.29, 0.717) is 4.68 Å². The molecule has 9 heteroatoms. The molecule has 0 aliphatic rings. The highest BCUT2D eigenvalue weighted by Crippen LogP contribution is 2.06. The Morgan fingerprint density at radius 2 is 2.11 bits per heavy atom. The summed E-state index contributed by atoms with van der Waals surface area (Å²) in [5.41, 5.74) is -0.645. The monoisotopic (exact) mass is 273 g/mol. The molecular weight excluding hydrogens is 258 g/mol. The molecule has 9 nitrogen and oxygen atoms in total. The minimum atomic E-state index is -1.22. The van der Waals surface area contributed by atoms with E-state index in [1.807, 2.05) is 0 Å². The zero-order valence-electron chi connectivity index (χ0n) is 10.8. The Bertz CT molecular complexity index is 524. The van der Waals surface area contributed by atoms with E-state index in [9.17, 15) is 14.4 Å². The molecule has 1 amide bonds. The quantitative estimate of drug-likeness (QED) is 0.787. The number of carbonyl (C=O) groups is 2. The molecule has 0 aliphatic carbocycles. The van der Waals surface area contributed by atoms with Crippen LogP contribution in [-0.2, 0) is 22.6 Å². The van der Waals surface area contributed by atoms with Gasteiger partial charge in [-0.15, -0.1) is 5.10 Å². The lowest BCUT2D eigenvalue weighted by Gasteiger charge is -2.19. The van der Waals surface area contributed by atoms with Gasteiger partial charge in [-0.1, -0.05) is 0 Å². The minimum Gasteiger partial charge on any atom is -0.480 e. The third kappa shape index (κ3) is 5.23. The molecule has 19 heavy (non-hydrogen) atoms. The van der Waals surface area contributed by atoms with Crippen molar-refractivity contribution in [2.24, 2.45) is 0 Å². The normalized spacial score (nSPS) is 11.1. The number of ether oxygens (including phenoxy) is 1. The minimum absolute atomic E-state index is 0.0999. The molecule has 106 valence electrons. The highest BCUT2D eigenvalue weighted by Gasteiger charge is 2.17. The van der Waals surface area contributed by atoms with E-state index in [2.05, 4.69) is 14.8 Å². The fraction of sp³-hybridized carbons (Fsp3) is 0.600. The van der Waals surface area contributed by atoms with Crippen LogP contribution in [0.1, 0.15) is 26.7 Å².